The molecule has 7 heteroatoms. The zero-order valence-electron chi connectivity index (χ0n) is 15.0. The third-order valence-electron chi connectivity index (χ3n) is 5.78. The largest absolute Gasteiger partial charge is 0.497 e. The molecule has 2 saturated heterocycles. The Bertz CT molecular complexity index is 1030. The highest BCUT2D eigenvalue weighted by Crippen LogP contribution is 2.50. The molecule has 1 N–H and O–H groups in total. The fourth-order valence-electron chi connectivity index (χ4n) is 4.51. The molecule has 5 rings (SSSR count). The number of nitrogens with one attached hydrogen (secondary N) is 1. The zero-order valence-corrected chi connectivity index (χ0v) is 15.0. The van der Waals surface area contributed by atoms with E-state index < -0.39 is 29.8 Å². The lowest BCUT2D eigenvalue weighted by Gasteiger charge is -2.32. The summed E-state index contributed by atoms with van der Waals surface area (Å²) in [5, 5.41) is 8.52. The number of hydrogen-bond donors (Lipinski definition) is 1. The number of Topliss-reactive ketones (excluding diaryl/α,β-unsaturated/α-hetero) is 1. The molecule has 28 heavy (non-hydrogen) atoms. The highest BCUT2D eigenvalue weighted by Gasteiger charge is 2.62. The minimum Gasteiger partial charge on any atom is -0.497 e. The Morgan fingerprint density at radius 2 is 1.75 bits per heavy atom. The van der Waals surface area contributed by atoms with Crippen LogP contribution in [0.3, 0.4) is 0 Å². The Morgan fingerprint density at radius 3 is 2.50 bits per heavy atom. The Kier molecular flexibility index (Phi) is 3.58. The van der Waals surface area contributed by atoms with Crippen LogP contribution in [0.5, 0.6) is 5.75 Å². The molecule has 0 bridgehead atoms. The number of fused-ring (bicyclic) bond motifs is 5. The Balaban J connectivity index is 1.61. The molecule has 4 atom stereocenters. The van der Waals surface area contributed by atoms with Gasteiger partial charge in [0.1, 0.15) is 11.8 Å². The second kappa shape index (κ2) is 6.02. The first kappa shape index (κ1) is 16.7. The summed E-state index contributed by atoms with van der Waals surface area (Å²) in [6.45, 7) is 0. The molecule has 1 unspecified atom stereocenters. The summed E-state index contributed by atoms with van der Waals surface area (Å²) in [6, 6.07) is 13.1. The summed E-state index contributed by atoms with van der Waals surface area (Å²) < 4.78 is 5.15. The van der Waals surface area contributed by atoms with E-state index in [2.05, 4.69) is 10.4 Å². The molecular formula is C21H17N3O4. The molecular weight excluding hydrogens is 358 g/mol. The van der Waals surface area contributed by atoms with E-state index in [0.717, 1.165) is 11.1 Å². The number of imide groups is 1. The minimum absolute atomic E-state index is 0.235. The monoisotopic (exact) mass is 375 g/mol. The normalized spacial score (nSPS) is 27.1. The van der Waals surface area contributed by atoms with Crippen molar-refractivity contribution in [3.05, 3.63) is 65.2 Å². The number of amides is 2. The summed E-state index contributed by atoms with van der Waals surface area (Å²) in [5.41, 5.74) is 2.25. The highest BCUT2D eigenvalue weighted by atomic mass is 16.5. The van der Waals surface area contributed by atoms with Crippen LogP contribution in [-0.4, -0.2) is 42.0 Å². The number of ether oxygens (including phenoxy) is 1. The molecule has 2 amide bonds. The van der Waals surface area contributed by atoms with Crippen LogP contribution < -0.4 is 10.1 Å². The van der Waals surface area contributed by atoms with Crippen LogP contribution in [0, 0.1) is 11.8 Å². The Morgan fingerprint density at radius 1 is 1.04 bits per heavy atom. The quantitative estimate of drug-likeness (QED) is 0.649. The van der Waals surface area contributed by atoms with Gasteiger partial charge in [0.15, 0.2) is 5.78 Å². The van der Waals surface area contributed by atoms with E-state index in [4.69, 9.17) is 4.74 Å². The molecule has 7 nitrogen and oxygen atoms in total. The molecule has 3 aliphatic rings. The number of hydrazone groups is 1. The molecule has 0 radical (unpaired) electrons. The van der Waals surface area contributed by atoms with Crippen molar-refractivity contribution >= 4 is 23.8 Å². The van der Waals surface area contributed by atoms with Gasteiger partial charge >= 0.3 is 0 Å². The summed E-state index contributed by atoms with van der Waals surface area (Å²) in [6.07, 6.45) is 1.68. The van der Waals surface area contributed by atoms with Crippen molar-refractivity contribution in [2.24, 2.45) is 16.9 Å². The van der Waals surface area contributed by atoms with Gasteiger partial charge in [0.2, 0.25) is 11.8 Å². The van der Waals surface area contributed by atoms with Crippen LogP contribution in [0.25, 0.3) is 0 Å². The van der Waals surface area contributed by atoms with Gasteiger partial charge in [-0.3, -0.25) is 24.7 Å². The van der Waals surface area contributed by atoms with Crippen LogP contribution in [0.2, 0.25) is 0 Å². The number of hydrogen-bond acceptors (Lipinski definition) is 6. The van der Waals surface area contributed by atoms with Gasteiger partial charge in [0.25, 0.3) is 0 Å². The molecule has 0 aromatic heterocycles. The van der Waals surface area contributed by atoms with Gasteiger partial charge < -0.3 is 4.74 Å². The van der Waals surface area contributed by atoms with Crippen molar-refractivity contribution in [2.45, 2.75) is 12.1 Å². The maximum Gasteiger partial charge on any atom is 0.233 e. The van der Waals surface area contributed by atoms with E-state index in [1.807, 2.05) is 24.3 Å². The lowest BCUT2D eigenvalue weighted by atomic mass is 9.83. The van der Waals surface area contributed by atoms with Crippen LogP contribution in [0.15, 0.2) is 53.6 Å². The minimum atomic E-state index is -0.834. The molecule has 0 saturated carbocycles. The van der Waals surface area contributed by atoms with Crippen LogP contribution in [0.4, 0.5) is 0 Å². The van der Waals surface area contributed by atoms with Crippen LogP contribution >= 0.6 is 0 Å². The molecule has 3 aliphatic heterocycles. The standard InChI is InChI=1S/C21H17N3O4/c1-28-13-8-6-11(7-9-13)19(25)18-16-15(20(26)23-21(16)27)17-14-5-3-2-4-12(14)10-22-24(17)18/h2-10,15-18H,1H3,(H,23,26,27)/t15-,16+,17?,18-/m0/s1. The second-order valence-corrected chi connectivity index (χ2v) is 7.14. The van der Waals surface area contributed by atoms with Gasteiger partial charge in [-0.1, -0.05) is 24.3 Å². The smallest absolute Gasteiger partial charge is 0.233 e. The van der Waals surface area contributed by atoms with Gasteiger partial charge in [0, 0.05) is 5.56 Å². The van der Waals surface area contributed by atoms with Crippen molar-refractivity contribution in [1.29, 1.82) is 0 Å². The fraction of sp³-hybridized carbons (Fsp3) is 0.238. The first-order valence-electron chi connectivity index (χ1n) is 9.04. The predicted molar refractivity (Wildman–Crippen MR) is 99.9 cm³/mol. The number of rotatable bonds is 3. The molecule has 2 aromatic carbocycles. The van der Waals surface area contributed by atoms with Crippen molar-refractivity contribution < 1.29 is 19.1 Å². The van der Waals surface area contributed by atoms with E-state index in [1.165, 1.54) is 0 Å². The fourth-order valence-corrected chi connectivity index (χ4v) is 4.51. The summed E-state index contributed by atoms with van der Waals surface area (Å²) in [5.74, 6) is -1.77. The van der Waals surface area contributed by atoms with Gasteiger partial charge in [-0.25, -0.2) is 0 Å². The maximum absolute atomic E-state index is 13.4. The summed E-state index contributed by atoms with van der Waals surface area (Å²) in [4.78, 5) is 38.5. The second-order valence-electron chi connectivity index (χ2n) is 7.14. The summed E-state index contributed by atoms with van der Waals surface area (Å²) in [7, 11) is 1.55. The Labute approximate surface area is 161 Å². The molecule has 2 fully saturated rings. The number of methoxy groups -OCH3 is 1. The maximum atomic E-state index is 13.4. The van der Waals surface area contributed by atoms with Gasteiger partial charge in [-0.05, 0) is 35.4 Å². The number of carbonyl (C=O) groups is 3. The SMILES string of the molecule is COc1ccc(C(=O)[C@@H]2[C@@H]3C(=O)NC(=O)[C@@H]3C3c4ccccc4C=NN32)cc1. The lowest BCUT2D eigenvalue weighted by Crippen LogP contribution is -2.43. The van der Waals surface area contributed by atoms with E-state index in [1.54, 1.807) is 42.6 Å². The number of nitrogens with zero attached hydrogens (tertiary/aromatic N) is 2. The van der Waals surface area contributed by atoms with E-state index in [0.29, 0.717) is 11.3 Å². The number of benzene rings is 2. The van der Waals surface area contributed by atoms with Crippen molar-refractivity contribution in [1.82, 2.24) is 10.3 Å². The third kappa shape index (κ3) is 2.22. The van der Waals surface area contributed by atoms with Gasteiger partial charge in [-0.15, -0.1) is 0 Å². The third-order valence-corrected chi connectivity index (χ3v) is 5.78. The lowest BCUT2D eigenvalue weighted by molar-refractivity contribution is -0.127. The number of ketones is 1. The summed E-state index contributed by atoms with van der Waals surface area (Å²) >= 11 is 0. The average molecular weight is 375 g/mol. The first-order chi connectivity index (χ1) is 13.6. The average Bonchev–Trinajstić information content (AvgIpc) is 3.22. The van der Waals surface area contributed by atoms with Crippen LogP contribution in [0.1, 0.15) is 27.5 Å². The zero-order chi connectivity index (χ0) is 19.4. The van der Waals surface area contributed by atoms with Crippen molar-refractivity contribution in [3.8, 4) is 5.75 Å². The molecule has 3 heterocycles. The molecule has 140 valence electrons. The van der Waals surface area contributed by atoms with E-state index >= 15 is 0 Å². The number of carbonyl (C=O) groups excluding carboxylic acids is 3. The van der Waals surface area contributed by atoms with Gasteiger partial charge in [-0.2, -0.15) is 5.10 Å². The Hall–Kier alpha value is -3.48. The molecule has 0 aliphatic carbocycles. The first-order valence-corrected chi connectivity index (χ1v) is 9.04. The van der Waals surface area contributed by atoms with E-state index in [-0.39, 0.29) is 11.7 Å². The predicted octanol–water partition coefficient (Wildman–Crippen LogP) is 1.54. The van der Waals surface area contributed by atoms with Gasteiger partial charge in [0.05, 0.1) is 31.2 Å². The molecule has 2 aromatic rings. The van der Waals surface area contributed by atoms with E-state index in [9.17, 15) is 14.4 Å². The van der Waals surface area contributed by atoms with Crippen LogP contribution in [-0.2, 0) is 9.59 Å². The van der Waals surface area contributed by atoms with Crippen molar-refractivity contribution in [3.63, 3.8) is 0 Å². The topological polar surface area (TPSA) is 88.1 Å². The van der Waals surface area contributed by atoms with Crippen molar-refractivity contribution in [2.75, 3.05) is 7.11 Å². The molecule has 0 spiro atoms. The highest BCUT2D eigenvalue weighted by molar-refractivity contribution is 6.12.